The Bertz CT molecular complexity index is 655. The fourth-order valence-corrected chi connectivity index (χ4v) is 3.28. The van der Waals surface area contributed by atoms with E-state index in [2.05, 4.69) is 43.3 Å². The molecule has 0 fully saturated rings. The van der Waals surface area contributed by atoms with Gasteiger partial charge in [-0.15, -0.1) is 11.8 Å². The van der Waals surface area contributed by atoms with Gasteiger partial charge in [0.05, 0.1) is 17.0 Å². The second-order valence-electron chi connectivity index (χ2n) is 5.94. The molecule has 6 heteroatoms. The number of rotatable bonds is 8. The maximum absolute atomic E-state index is 12.1. The van der Waals surface area contributed by atoms with E-state index in [0.717, 1.165) is 29.9 Å². The lowest BCUT2D eigenvalue weighted by Crippen LogP contribution is -2.53. The summed E-state index contributed by atoms with van der Waals surface area (Å²) in [5.74, 6) is 1.19. The molecule has 0 spiro atoms. The summed E-state index contributed by atoms with van der Waals surface area (Å²) in [6.45, 7) is 6.65. The number of carbonyl (C=O) groups excluding carboxylic acids is 1. The van der Waals surface area contributed by atoms with Gasteiger partial charge in [0, 0.05) is 24.7 Å². The van der Waals surface area contributed by atoms with Crippen LogP contribution in [-0.4, -0.2) is 33.1 Å². The zero-order chi connectivity index (χ0) is 16.9. The van der Waals surface area contributed by atoms with E-state index in [9.17, 15) is 4.79 Å². The number of hydrogen-bond acceptors (Lipinski definition) is 4. The fraction of sp³-hybridized carbons (Fsp3) is 0.529. The van der Waals surface area contributed by atoms with E-state index in [1.807, 2.05) is 16.7 Å². The van der Waals surface area contributed by atoms with Crippen molar-refractivity contribution in [1.82, 2.24) is 14.7 Å². The van der Waals surface area contributed by atoms with E-state index in [1.165, 1.54) is 5.56 Å². The van der Waals surface area contributed by atoms with Crippen LogP contribution in [0.1, 0.15) is 37.9 Å². The van der Waals surface area contributed by atoms with Crippen LogP contribution in [0.4, 0.5) is 0 Å². The average molecular weight is 334 g/mol. The number of carbonyl (C=O) groups is 1. The van der Waals surface area contributed by atoms with Gasteiger partial charge in [-0.2, -0.15) is 0 Å². The summed E-state index contributed by atoms with van der Waals surface area (Å²) in [5, 5.41) is 3.09. The van der Waals surface area contributed by atoms with Crippen molar-refractivity contribution in [3.05, 3.63) is 35.8 Å². The fourth-order valence-electron chi connectivity index (χ4n) is 2.57. The largest absolute Gasteiger partial charge is 0.349 e. The first-order chi connectivity index (χ1) is 11.0. The van der Waals surface area contributed by atoms with E-state index in [-0.39, 0.29) is 11.4 Å². The zero-order valence-electron chi connectivity index (χ0n) is 14.1. The molecule has 0 atom stereocenters. The SMILES string of the molecule is CCC(CC)(CN)NC(=O)CSCc1cn2cc(C)ccc2n1. The summed E-state index contributed by atoms with van der Waals surface area (Å²) in [6.07, 6.45) is 5.78. The van der Waals surface area contributed by atoms with Gasteiger partial charge in [-0.3, -0.25) is 4.79 Å². The van der Waals surface area contributed by atoms with Crippen molar-refractivity contribution in [2.45, 2.75) is 44.9 Å². The molecule has 2 heterocycles. The number of pyridine rings is 1. The van der Waals surface area contributed by atoms with Gasteiger partial charge in [0.1, 0.15) is 5.65 Å². The second kappa shape index (κ2) is 7.84. The Morgan fingerprint density at radius 2 is 2.09 bits per heavy atom. The molecule has 0 aliphatic carbocycles. The van der Waals surface area contributed by atoms with Crippen LogP contribution in [0.15, 0.2) is 24.5 Å². The van der Waals surface area contributed by atoms with E-state index in [0.29, 0.717) is 12.3 Å². The Hall–Kier alpha value is -1.53. The van der Waals surface area contributed by atoms with Gasteiger partial charge in [-0.05, 0) is 31.4 Å². The van der Waals surface area contributed by atoms with Crippen molar-refractivity contribution in [2.75, 3.05) is 12.3 Å². The summed E-state index contributed by atoms with van der Waals surface area (Å²) in [7, 11) is 0. The van der Waals surface area contributed by atoms with Gasteiger partial charge in [0.25, 0.3) is 0 Å². The van der Waals surface area contributed by atoms with Crippen molar-refractivity contribution < 1.29 is 4.79 Å². The van der Waals surface area contributed by atoms with Gasteiger partial charge < -0.3 is 15.5 Å². The normalized spacial score (nSPS) is 11.8. The molecule has 0 aliphatic rings. The van der Waals surface area contributed by atoms with Crippen LogP contribution in [0.5, 0.6) is 0 Å². The van der Waals surface area contributed by atoms with Crippen LogP contribution in [-0.2, 0) is 10.5 Å². The molecule has 0 saturated carbocycles. The molecule has 1 amide bonds. The number of nitrogens with zero attached hydrogens (tertiary/aromatic N) is 2. The van der Waals surface area contributed by atoms with Crippen molar-refractivity contribution in [2.24, 2.45) is 5.73 Å². The molecular formula is C17H26N4OS. The number of amides is 1. The highest BCUT2D eigenvalue weighted by Crippen LogP contribution is 2.16. The quantitative estimate of drug-likeness (QED) is 0.778. The maximum Gasteiger partial charge on any atom is 0.230 e. The third-order valence-electron chi connectivity index (χ3n) is 4.28. The highest BCUT2D eigenvalue weighted by molar-refractivity contribution is 7.99. The number of nitrogens with two attached hydrogens (primary N) is 1. The van der Waals surface area contributed by atoms with Crippen LogP contribution in [0, 0.1) is 6.92 Å². The topological polar surface area (TPSA) is 72.4 Å². The van der Waals surface area contributed by atoms with Crippen LogP contribution in [0.25, 0.3) is 5.65 Å². The Kier molecular flexibility index (Phi) is 6.07. The molecule has 2 aromatic rings. The van der Waals surface area contributed by atoms with Crippen molar-refractivity contribution in [1.29, 1.82) is 0 Å². The Balaban J connectivity index is 1.87. The van der Waals surface area contributed by atoms with Crippen LogP contribution >= 0.6 is 11.8 Å². The van der Waals surface area contributed by atoms with Crippen molar-refractivity contribution >= 4 is 23.3 Å². The molecule has 3 N–H and O–H groups in total. The van der Waals surface area contributed by atoms with Gasteiger partial charge in [0.15, 0.2) is 0 Å². The van der Waals surface area contributed by atoms with Crippen molar-refractivity contribution in [3.8, 4) is 0 Å². The molecular weight excluding hydrogens is 308 g/mol. The van der Waals surface area contributed by atoms with Crippen LogP contribution in [0.2, 0.25) is 0 Å². The Labute approximate surface area is 142 Å². The molecule has 2 rings (SSSR count). The molecule has 0 bridgehead atoms. The van der Waals surface area contributed by atoms with E-state index >= 15 is 0 Å². The van der Waals surface area contributed by atoms with Crippen LogP contribution in [0.3, 0.4) is 0 Å². The number of imidazole rings is 1. The smallest absolute Gasteiger partial charge is 0.230 e. The molecule has 126 valence electrons. The first-order valence-corrected chi connectivity index (χ1v) is 9.20. The molecule has 5 nitrogen and oxygen atoms in total. The molecule has 23 heavy (non-hydrogen) atoms. The molecule has 0 unspecified atom stereocenters. The van der Waals surface area contributed by atoms with Crippen LogP contribution < -0.4 is 11.1 Å². The lowest BCUT2D eigenvalue weighted by atomic mass is 9.93. The molecule has 0 radical (unpaired) electrons. The summed E-state index contributed by atoms with van der Waals surface area (Å²) in [6, 6.07) is 4.06. The molecule has 0 saturated heterocycles. The number of aryl methyl sites for hydroxylation is 1. The number of fused-ring (bicyclic) bond motifs is 1. The average Bonchev–Trinajstić information content (AvgIpc) is 2.94. The number of aromatic nitrogens is 2. The maximum atomic E-state index is 12.1. The van der Waals surface area contributed by atoms with Gasteiger partial charge in [-0.25, -0.2) is 4.98 Å². The first kappa shape index (κ1) is 17.8. The van der Waals surface area contributed by atoms with Gasteiger partial charge in [-0.1, -0.05) is 19.9 Å². The Morgan fingerprint density at radius 3 is 2.74 bits per heavy atom. The predicted octanol–water partition coefficient (Wildman–Crippen LogP) is 2.51. The lowest BCUT2D eigenvalue weighted by molar-refractivity contribution is -0.120. The summed E-state index contributed by atoms with van der Waals surface area (Å²) in [5.41, 5.74) is 8.68. The summed E-state index contributed by atoms with van der Waals surface area (Å²) >= 11 is 1.58. The van der Waals surface area contributed by atoms with E-state index in [1.54, 1.807) is 11.8 Å². The molecule has 0 aromatic carbocycles. The summed E-state index contributed by atoms with van der Waals surface area (Å²) in [4.78, 5) is 16.7. The second-order valence-corrected chi connectivity index (χ2v) is 6.92. The number of hydrogen-bond donors (Lipinski definition) is 2. The highest BCUT2D eigenvalue weighted by Gasteiger charge is 2.25. The van der Waals surface area contributed by atoms with E-state index in [4.69, 9.17) is 5.73 Å². The standard InChI is InChI=1S/C17H26N4OS/c1-4-17(5-2,12-18)20-16(22)11-23-10-14-9-21-8-13(3)6-7-15(21)19-14/h6-9H,4-5,10-12,18H2,1-3H3,(H,20,22). The van der Waals surface area contributed by atoms with Gasteiger partial charge in [0.2, 0.25) is 5.91 Å². The zero-order valence-corrected chi connectivity index (χ0v) is 14.9. The minimum absolute atomic E-state index is 0.0451. The number of thioether (sulfide) groups is 1. The highest BCUT2D eigenvalue weighted by atomic mass is 32.2. The predicted molar refractivity (Wildman–Crippen MR) is 96.6 cm³/mol. The minimum Gasteiger partial charge on any atom is -0.349 e. The Morgan fingerprint density at radius 1 is 1.35 bits per heavy atom. The monoisotopic (exact) mass is 334 g/mol. The van der Waals surface area contributed by atoms with Crippen molar-refractivity contribution in [3.63, 3.8) is 0 Å². The summed E-state index contributed by atoms with van der Waals surface area (Å²) < 4.78 is 2.03. The molecule has 0 aliphatic heterocycles. The third-order valence-corrected chi connectivity index (χ3v) is 5.25. The van der Waals surface area contributed by atoms with E-state index < -0.39 is 0 Å². The first-order valence-electron chi connectivity index (χ1n) is 8.05. The van der Waals surface area contributed by atoms with Gasteiger partial charge >= 0.3 is 0 Å². The lowest BCUT2D eigenvalue weighted by Gasteiger charge is -2.31. The molecule has 2 aromatic heterocycles. The third kappa shape index (κ3) is 4.48. The number of nitrogens with one attached hydrogen (secondary N) is 1. The minimum atomic E-state index is -0.266.